The van der Waals surface area contributed by atoms with Gasteiger partial charge < -0.3 is 105 Å². The van der Waals surface area contributed by atoms with Crippen molar-refractivity contribution < 1.29 is 133 Å². The Morgan fingerprint density at radius 1 is 0.554 bits per heavy atom. The Balaban J connectivity index is 0.000000311. The first kappa shape index (κ1) is 94.4. The quantitative estimate of drug-likeness (QED) is 0.0760. The van der Waals surface area contributed by atoms with Crippen molar-refractivity contribution in [2.75, 3.05) is 63.2 Å². The van der Waals surface area contributed by atoms with Crippen molar-refractivity contribution >= 4 is 47.4 Å². The molecule has 0 saturated carbocycles. The number of cyclic esters (lactones) is 2. The Kier molecular flexibility index (Phi) is 31.6. The molecule has 30 nitrogen and oxygen atoms in total. The topological polar surface area (TPSA) is 342 Å². The third-order valence-electron chi connectivity index (χ3n) is 25.6. The van der Waals surface area contributed by atoms with Crippen molar-refractivity contribution in [3.63, 3.8) is 0 Å². The van der Waals surface area contributed by atoms with Crippen LogP contribution in [0.5, 0.6) is 0 Å². The average Bonchev–Trinajstić information content (AvgIpc) is 1.55. The number of likely N-dealkylation sites (N-methyl/N-ethyl adjacent to an activating group) is 2. The number of ketones is 3. The van der Waals surface area contributed by atoms with E-state index < -0.39 is 203 Å². The third-order valence-corrected chi connectivity index (χ3v) is 25.6. The van der Waals surface area contributed by atoms with Crippen molar-refractivity contribution in [2.45, 2.75) is 359 Å². The Morgan fingerprint density at radius 2 is 1.00 bits per heavy atom. The number of ether oxygens (including phenoxy) is 19. The molecule has 0 amide bonds. The zero-order valence-corrected chi connectivity index (χ0v) is 72.3. The second kappa shape index (κ2) is 37.5. The zero-order chi connectivity index (χ0) is 84.4. The number of aliphatic hydroxyl groups is 1. The van der Waals surface area contributed by atoms with Crippen molar-refractivity contribution in [2.24, 2.45) is 41.4 Å². The summed E-state index contributed by atoms with van der Waals surface area (Å²) in [5.41, 5.74) is -7.92. The first-order valence-corrected chi connectivity index (χ1v) is 40.1. The van der Waals surface area contributed by atoms with E-state index in [2.05, 4.69) is 0 Å². The molecule has 8 rings (SSSR count). The van der Waals surface area contributed by atoms with E-state index in [0.717, 1.165) is 0 Å². The molecule has 0 aromatic rings. The minimum absolute atomic E-state index is 0.0150. The number of allylic oxidation sites excluding steroid dienone is 1. The van der Waals surface area contributed by atoms with Crippen LogP contribution in [0.15, 0.2) is 11.6 Å². The molecule has 7 fully saturated rings. The molecule has 1 N–H and O–H groups in total. The largest absolute Gasteiger partial charge is 0.509 e. The van der Waals surface area contributed by atoms with Crippen molar-refractivity contribution in [1.29, 1.82) is 0 Å². The molecule has 112 heavy (non-hydrogen) atoms. The van der Waals surface area contributed by atoms with Crippen LogP contribution in [0.1, 0.15) is 204 Å². The van der Waals surface area contributed by atoms with E-state index in [1.807, 2.05) is 100 Å². The van der Waals surface area contributed by atoms with Crippen LogP contribution in [0.25, 0.3) is 0 Å². The highest BCUT2D eigenvalue weighted by atomic mass is 16.8. The van der Waals surface area contributed by atoms with E-state index in [1.165, 1.54) is 41.1 Å². The van der Waals surface area contributed by atoms with Crippen molar-refractivity contribution in [3.8, 4) is 0 Å². The molecule has 7 saturated heterocycles. The summed E-state index contributed by atoms with van der Waals surface area (Å²) in [4.78, 5) is 112. The number of epoxide rings is 1. The summed E-state index contributed by atoms with van der Waals surface area (Å²) >= 11 is 0. The number of methoxy groups -OCH3 is 4. The minimum Gasteiger partial charge on any atom is -0.459 e. The van der Waals surface area contributed by atoms with E-state index in [-0.39, 0.29) is 73.7 Å². The highest BCUT2D eigenvalue weighted by Gasteiger charge is 2.68. The maximum Gasteiger partial charge on any atom is 0.509 e. The van der Waals surface area contributed by atoms with Gasteiger partial charge in [0.2, 0.25) is 0 Å². The Morgan fingerprint density at radius 3 is 1.41 bits per heavy atom. The number of carbonyl (C=O) groups excluding carboxylic acids is 8. The fourth-order valence-corrected chi connectivity index (χ4v) is 18.6. The van der Waals surface area contributed by atoms with Crippen LogP contribution in [0.4, 0.5) is 4.79 Å². The maximum atomic E-state index is 14.5. The van der Waals surface area contributed by atoms with Gasteiger partial charge in [0.25, 0.3) is 0 Å². The van der Waals surface area contributed by atoms with Gasteiger partial charge in [-0.25, -0.2) is 4.79 Å². The fourth-order valence-electron chi connectivity index (χ4n) is 18.6. The van der Waals surface area contributed by atoms with Gasteiger partial charge in [0.05, 0.1) is 90.4 Å². The second-order valence-corrected chi connectivity index (χ2v) is 34.8. The van der Waals surface area contributed by atoms with Gasteiger partial charge in [0.15, 0.2) is 60.6 Å². The summed E-state index contributed by atoms with van der Waals surface area (Å²) < 4.78 is 119. The van der Waals surface area contributed by atoms with Gasteiger partial charge >= 0.3 is 30.0 Å². The van der Waals surface area contributed by atoms with E-state index in [0.29, 0.717) is 31.4 Å². The maximum absolute atomic E-state index is 14.5. The standard InChI is InChI=1S/C41H67NO15.C41H69NO13/c1-16-28-41(11)35(56-38(47)57-41)22(4)30(44)20(2)18-40(10,49-15)34(55-37-32(52-26(8)43)27(42(12)13)17-21(3)50-37)23(5)31(24(6)36(46)53-28)54-29-19-39(9,48-14)33(45)25(7)51-29;1-16-30-38(9,46)18-22(2)32(44)23(3)19-39(10,47-14)35(55-37-34(52-28(8)43)29(42(12)13)17-24(4)50-37)25(5)33(26(6)36(45)53-30)54-31-20-40(11,48-15)41(21-49-41)27(7)51-31/h20-25,27-29,31-32,34-35,37H,16-19H2,1-15H3;18,23-27,29-31,33-35,37,46H,16-17,19-21H2,1-15H3/b;22-18+/t20-,21-,22+,23+,24-,25+,27+,28-,29+,31+,32-,34-,35-,37+,39-,40+,41-;23-,24-,25+,26-,27+,29+,30-,31+,33+,34-,35-,37+,38+,39+,40-,41-/m11/s1. The van der Waals surface area contributed by atoms with Crippen LogP contribution in [0.2, 0.25) is 0 Å². The lowest BCUT2D eigenvalue weighted by Crippen LogP contribution is -2.62. The predicted molar refractivity (Wildman–Crippen MR) is 405 cm³/mol. The van der Waals surface area contributed by atoms with Crippen LogP contribution in [-0.4, -0.2) is 281 Å². The number of hydrogen-bond acceptors (Lipinski definition) is 30. The van der Waals surface area contributed by atoms with E-state index in [4.69, 9.17) is 90.0 Å². The number of fused-ring (bicyclic) bond motifs is 1. The molecule has 8 aliphatic heterocycles. The number of Topliss-reactive ketones (excluding diaryl/α,β-unsaturated/α-hetero) is 3. The van der Waals surface area contributed by atoms with Gasteiger partial charge in [-0.2, -0.15) is 0 Å². The van der Waals surface area contributed by atoms with E-state index >= 15 is 0 Å². The van der Waals surface area contributed by atoms with Gasteiger partial charge in [0, 0.05) is 78.8 Å². The van der Waals surface area contributed by atoms with Gasteiger partial charge in [-0.15, -0.1) is 0 Å². The molecule has 8 heterocycles. The molecular weight excluding hydrogens is 1460 g/mol. The lowest BCUT2D eigenvalue weighted by Gasteiger charge is -2.50. The molecule has 0 aliphatic carbocycles. The van der Waals surface area contributed by atoms with Crippen LogP contribution in [-0.2, 0) is 124 Å². The Labute approximate surface area is 663 Å². The summed E-state index contributed by atoms with van der Waals surface area (Å²) in [6, 6.07) is -0.528. The predicted octanol–water partition coefficient (Wildman–Crippen LogP) is 8.77. The number of esters is 4. The first-order chi connectivity index (χ1) is 51.9. The molecule has 8 aliphatic rings. The lowest BCUT2D eigenvalue weighted by atomic mass is 9.74. The molecule has 33 atom stereocenters. The zero-order valence-electron chi connectivity index (χ0n) is 72.3. The third kappa shape index (κ3) is 20.3. The molecular formula is C82H136N2O28. The van der Waals surface area contributed by atoms with Gasteiger partial charge in [-0.3, -0.25) is 33.6 Å². The van der Waals surface area contributed by atoms with Gasteiger partial charge in [-0.1, -0.05) is 48.5 Å². The van der Waals surface area contributed by atoms with Crippen molar-refractivity contribution in [3.05, 3.63) is 11.6 Å². The molecule has 1 spiro atoms. The normalized spacial score (nSPS) is 46.1. The highest BCUT2D eigenvalue weighted by Crippen LogP contribution is 2.52. The molecule has 30 heteroatoms. The molecule has 0 unspecified atom stereocenters. The molecule has 0 aromatic carbocycles. The SMILES string of the molecule is CC[C@H]1OC(=O)[C@H](C)[C@@H](O[C@H]2C[C@@](C)(OC)C(=O)[C@H](C)O2)[C@H](C)[C@@H](O[C@@H]2O[C@H](C)C[C@H](N(C)C)[C@H]2OC(C)=O)[C@@](C)(OC)C[C@@H](C)C(=O)[C@H](C)[C@H]2OC(=O)O[C@@]21C.CC[C@H]1OC(=O)[C@H](C)[C@@H](O[C@H]2C[C@@](C)(OC)[C@@]3(CO3)[C@H](C)O2)[C@H](C)[C@@H](O[C@@H]2O[C@H](C)C[C@H](N(C)C)[C@H]2OC(C)=O)[C@@](C)(OC)C[C@@H](C)C(=O)/C(C)=C/[C@]1(C)O. The Bertz CT molecular complexity index is 3290. The van der Waals surface area contributed by atoms with E-state index in [9.17, 15) is 43.5 Å². The summed E-state index contributed by atoms with van der Waals surface area (Å²) in [6.07, 6.45) is -11.8. The summed E-state index contributed by atoms with van der Waals surface area (Å²) in [5.74, 6) is -8.55. The van der Waals surface area contributed by atoms with Gasteiger partial charge in [0.1, 0.15) is 46.5 Å². The fraction of sp³-hybridized carbons (Fsp3) is 0.878. The van der Waals surface area contributed by atoms with E-state index in [1.54, 1.807) is 83.5 Å². The molecule has 0 bridgehead atoms. The molecule has 642 valence electrons. The molecule has 0 radical (unpaired) electrons. The summed E-state index contributed by atoms with van der Waals surface area (Å²) in [5, 5.41) is 11.6. The van der Waals surface area contributed by atoms with Crippen LogP contribution < -0.4 is 0 Å². The number of rotatable bonds is 18. The monoisotopic (exact) mass is 1600 g/mol. The number of nitrogens with zero attached hydrogens (tertiary/aromatic N) is 2. The van der Waals surface area contributed by atoms with Crippen LogP contribution >= 0.6 is 0 Å². The Hall–Kier alpha value is -4.74. The second-order valence-electron chi connectivity index (χ2n) is 34.8. The lowest BCUT2D eigenvalue weighted by molar-refractivity contribution is -0.317. The van der Waals surface area contributed by atoms with Crippen LogP contribution in [0.3, 0.4) is 0 Å². The van der Waals surface area contributed by atoms with Crippen molar-refractivity contribution in [1.82, 2.24) is 9.80 Å². The molecule has 0 aromatic heterocycles. The average molecular weight is 1600 g/mol. The summed E-state index contributed by atoms with van der Waals surface area (Å²) in [7, 11) is 13.7. The highest BCUT2D eigenvalue weighted by molar-refractivity contribution is 5.96. The first-order valence-electron chi connectivity index (χ1n) is 40.1. The smallest absolute Gasteiger partial charge is 0.459 e. The van der Waals surface area contributed by atoms with Crippen LogP contribution in [0, 0.1) is 41.4 Å². The minimum atomic E-state index is -1.64. The number of hydrogen-bond donors (Lipinski definition) is 1. The number of carbonyl (C=O) groups is 8. The van der Waals surface area contributed by atoms with Gasteiger partial charge in [-0.05, 0) is 168 Å². The summed E-state index contributed by atoms with van der Waals surface area (Å²) in [6.45, 7) is 38.6.